The van der Waals surface area contributed by atoms with Crippen molar-refractivity contribution in [2.24, 2.45) is 4.99 Å². The summed E-state index contributed by atoms with van der Waals surface area (Å²) in [4.78, 5) is 17.6. The molecule has 7 heteroatoms. The summed E-state index contributed by atoms with van der Waals surface area (Å²) in [6.45, 7) is 3.73. The quantitative estimate of drug-likeness (QED) is 0.581. The number of rotatable bonds is 8. The Bertz CT molecular complexity index is 1010. The monoisotopic (exact) mass is 400 g/mol. The first-order chi connectivity index (χ1) is 13.6. The summed E-state index contributed by atoms with van der Waals surface area (Å²) in [7, 11) is 3.28. The van der Waals surface area contributed by atoms with Gasteiger partial charge in [-0.3, -0.25) is 4.79 Å². The topological polar surface area (TPSA) is 62.0 Å². The third kappa shape index (κ3) is 4.79. The van der Waals surface area contributed by atoms with Crippen LogP contribution in [0.2, 0.25) is 0 Å². The first-order valence-corrected chi connectivity index (χ1v) is 9.92. The van der Waals surface area contributed by atoms with Gasteiger partial charge in [-0.2, -0.15) is 4.99 Å². The van der Waals surface area contributed by atoms with E-state index in [1.807, 2.05) is 54.0 Å². The molecule has 0 aliphatic rings. The maximum absolute atomic E-state index is 12.5. The minimum atomic E-state index is -0.187. The maximum atomic E-state index is 12.5. The molecule has 0 N–H and O–H groups in total. The molecule has 28 heavy (non-hydrogen) atoms. The van der Waals surface area contributed by atoms with Crippen molar-refractivity contribution in [1.82, 2.24) is 4.57 Å². The molecule has 0 unspecified atom stereocenters. The average Bonchev–Trinajstić information content (AvgIpc) is 3.03. The summed E-state index contributed by atoms with van der Waals surface area (Å²) in [6.07, 6.45) is 0.243. The van der Waals surface area contributed by atoms with Crippen molar-refractivity contribution in [3.05, 3.63) is 52.8 Å². The highest BCUT2D eigenvalue weighted by atomic mass is 32.1. The zero-order chi connectivity index (χ0) is 19.9. The summed E-state index contributed by atoms with van der Waals surface area (Å²) in [5.41, 5.74) is 1.92. The summed E-state index contributed by atoms with van der Waals surface area (Å²) in [5, 5.41) is 0. The van der Waals surface area contributed by atoms with Crippen LogP contribution in [0, 0.1) is 0 Å². The summed E-state index contributed by atoms with van der Waals surface area (Å²) in [5.74, 6) is 1.39. The molecule has 148 valence electrons. The number of benzene rings is 2. The first kappa shape index (κ1) is 20.1. The number of carbonyl (C=O) groups is 1. The van der Waals surface area contributed by atoms with E-state index in [2.05, 4.69) is 4.99 Å². The van der Waals surface area contributed by atoms with Gasteiger partial charge in [0.25, 0.3) is 5.91 Å². The average molecular weight is 401 g/mol. The number of ether oxygens (including phenoxy) is 3. The largest absolute Gasteiger partial charge is 0.497 e. The molecule has 0 saturated heterocycles. The van der Waals surface area contributed by atoms with Crippen LogP contribution in [0.15, 0.2) is 47.5 Å². The molecule has 0 atom stereocenters. The van der Waals surface area contributed by atoms with Crippen molar-refractivity contribution in [3.63, 3.8) is 0 Å². The number of hydrogen-bond acceptors (Lipinski definition) is 5. The van der Waals surface area contributed by atoms with Crippen molar-refractivity contribution in [1.29, 1.82) is 0 Å². The number of fused-ring (bicyclic) bond motifs is 1. The first-order valence-electron chi connectivity index (χ1n) is 9.10. The second-order valence-electron chi connectivity index (χ2n) is 6.12. The van der Waals surface area contributed by atoms with Crippen molar-refractivity contribution in [2.75, 3.05) is 27.4 Å². The van der Waals surface area contributed by atoms with E-state index in [1.165, 1.54) is 11.3 Å². The van der Waals surface area contributed by atoms with E-state index in [1.54, 1.807) is 14.2 Å². The Morgan fingerprint density at radius 2 is 1.86 bits per heavy atom. The highest BCUT2D eigenvalue weighted by molar-refractivity contribution is 7.16. The molecule has 0 fully saturated rings. The van der Waals surface area contributed by atoms with Gasteiger partial charge < -0.3 is 18.8 Å². The molecule has 0 radical (unpaired) electrons. The van der Waals surface area contributed by atoms with Crippen LogP contribution in [-0.4, -0.2) is 37.9 Å². The zero-order valence-electron chi connectivity index (χ0n) is 16.3. The fraction of sp³-hybridized carbons (Fsp3) is 0.333. The lowest BCUT2D eigenvalue weighted by atomic mass is 10.1. The van der Waals surface area contributed by atoms with Crippen molar-refractivity contribution in [3.8, 4) is 11.5 Å². The van der Waals surface area contributed by atoms with Gasteiger partial charge in [-0.15, -0.1) is 0 Å². The molecule has 0 saturated carbocycles. The molecule has 0 aliphatic heterocycles. The molecule has 0 spiro atoms. The molecule has 0 aliphatic carbocycles. The summed E-state index contributed by atoms with van der Waals surface area (Å²) >= 11 is 1.48. The fourth-order valence-electron chi connectivity index (χ4n) is 2.86. The van der Waals surface area contributed by atoms with E-state index in [0.717, 1.165) is 27.3 Å². The summed E-state index contributed by atoms with van der Waals surface area (Å²) in [6, 6.07) is 13.4. The van der Waals surface area contributed by atoms with Crippen LogP contribution in [0.3, 0.4) is 0 Å². The fourth-order valence-corrected chi connectivity index (χ4v) is 3.96. The molecule has 1 aromatic heterocycles. The predicted octanol–water partition coefficient (Wildman–Crippen LogP) is 3.43. The Kier molecular flexibility index (Phi) is 6.84. The van der Waals surface area contributed by atoms with Crippen LogP contribution in [0.25, 0.3) is 10.2 Å². The Balaban J connectivity index is 1.92. The predicted molar refractivity (Wildman–Crippen MR) is 110 cm³/mol. The molecule has 6 nitrogen and oxygen atoms in total. The number of carbonyl (C=O) groups excluding carboxylic acids is 1. The van der Waals surface area contributed by atoms with Gasteiger partial charge in [0, 0.05) is 13.7 Å². The Morgan fingerprint density at radius 3 is 2.54 bits per heavy atom. The van der Waals surface area contributed by atoms with Crippen molar-refractivity contribution < 1.29 is 19.0 Å². The van der Waals surface area contributed by atoms with Gasteiger partial charge in [0.15, 0.2) is 4.80 Å². The molecule has 2 aromatic carbocycles. The van der Waals surface area contributed by atoms with Crippen molar-refractivity contribution >= 4 is 27.5 Å². The van der Waals surface area contributed by atoms with E-state index in [-0.39, 0.29) is 12.3 Å². The van der Waals surface area contributed by atoms with E-state index in [4.69, 9.17) is 14.2 Å². The van der Waals surface area contributed by atoms with Crippen LogP contribution in [0.1, 0.15) is 12.5 Å². The molecule has 3 rings (SSSR count). The van der Waals surface area contributed by atoms with Gasteiger partial charge in [0.1, 0.15) is 11.5 Å². The summed E-state index contributed by atoms with van der Waals surface area (Å²) < 4.78 is 19.0. The smallest absolute Gasteiger partial charge is 0.252 e. The normalized spacial score (nSPS) is 11.8. The highest BCUT2D eigenvalue weighted by Crippen LogP contribution is 2.23. The molecular formula is C21H24N2O4S. The highest BCUT2D eigenvalue weighted by Gasteiger charge is 2.10. The number of nitrogens with zero attached hydrogens (tertiary/aromatic N) is 2. The third-order valence-electron chi connectivity index (χ3n) is 4.22. The van der Waals surface area contributed by atoms with Crippen LogP contribution in [0.5, 0.6) is 11.5 Å². The standard InChI is InChI=1S/C21H24N2O4S/c1-4-27-17-9-10-18-19(14-17)28-21(23(18)11-12-25-2)22-20(24)13-15-5-7-16(26-3)8-6-15/h5-10,14H,4,11-13H2,1-3H3. The van der Waals surface area contributed by atoms with Gasteiger partial charge in [-0.1, -0.05) is 23.5 Å². The van der Waals surface area contributed by atoms with Crippen LogP contribution < -0.4 is 14.3 Å². The van der Waals surface area contributed by atoms with Gasteiger partial charge in [-0.25, -0.2) is 0 Å². The van der Waals surface area contributed by atoms with E-state index in [0.29, 0.717) is 24.6 Å². The lowest BCUT2D eigenvalue weighted by Crippen LogP contribution is -2.19. The lowest BCUT2D eigenvalue weighted by molar-refractivity contribution is -0.117. The maximum Gasteiger partial charge on any atom is 0.252 e. The Labute approximate surface area is 168 Å². The minimum absolute atomic E-state index is 0.187. The zero-order valence-corrected chi connectivity index (χ0v) is 17.1. The Hall–Kier alpha value is -2.64. The van der Waals surface area contributed by atoms with Crippen LogP contribution in [0.4, 0.5) is 0 Å². The minimum Gasteiger partial charge on any atom is -0.497 e. The van der Waals surface area contributed by atoms with E-state index >= 15 is 0 Å². The molecule has 0 bridgehead atoms. The second-order valence-corrected chi connectivity index (χ2v) is 7.13. The molecular weight excluding hydrogens is 376 g/mol. The number of methoxy groups -OCH3 is 2. The van der Waals surface area contributed by atoms with E-state index in [9.17, 15) is 4.79 Å². The Morgan fingerprint density at radius 1 is 1.11 bits per heavy atom. The van der Waals surface area contributed by atoms with Gasteiger partial charge >= 0.3 is 0 Å². The SMILES string of the molecule is CCOc1ccc2c(c1)sc(=NC(=O)Cc1ccc(OC)cc1)n2CCOC. The van der Waals surface area contributed by atoms with E-state index < -0.39 is 0 Å². The van der Waals surface area contributed by atoms with Crippen LogP contribution >= 0.6 is 11.3 Å². The van der Waals surface area contributed by atoms with Crippen LogP contribution in [-0.2, 0) is 22.5 Å². The van der Waals surface area contributed by atoms with Gasteiger partial charge in [0.05, 0.1) is 37.0 Å². The van der Waals surface area contributed by atoms with Gasteiger partial charge in [0.2, 0.25) is 0 Å². The number of amides is 1. The molecule has 1 amide bonds. The lowest BCUT2D eigenvalue weighted by Gasteiger charge is -2.06. The molecule has 3 aromatic rings. The number of thiazole rings is 1. The molecule has 1 heterocycles. The number of aromatic nitrogens is 1. The van der Waals surface area contributed by atoms with Gasteiger partial charge in [-0.05, 0) is 42.8 Å². The number of hydrogen-bond donors (Lipinski definition) is 0. The second kappa shape index (κ2) is 9.52. The van der Waals surface area contributed by atoms with Crippen molar-refractivity contribution in [2.45, 2.75) is 19.9 Å². The third-order valence-corrected chi connectivity index (χ3v) is 5.26.